The number of aromatic hydroxyl groups is 1. The van der Waals surface area contributed by atoms with E-state index < -0.39 is 0 Å². The van der Waals surface area contributed by atoms with Crippen LogP contribution in [0.5, 0.6) is 5.75 Å². The minimum Gasteiger partial charge on any atom is -0.507 e. The van der Waals surface area contributed by atoms with E-state index in [0.29, 0.717) is 23.4 Å². The highest BCUT2D eigenvalue weighted by Crippen LogP contribution is 2.47. The summed E-state index contributed by atoms with van der Waals surface area (Å²) in [6.45, 7) is 5.14. The third-order valence-electron chi connectivity index (χ3n) is 6.90. The Labute approximate surface area is 160 Å². The maximum Gasteiger partial charge on any atom is 0.257 e. The van der Waals surface area contributed by atoms with E-state index in [-0.39, 0.29) is 17.7 Å². The van der Waals surface area contributed by atoms with Crippen LogP contribution in [0.15, 0.2) is 48.5 Å². The lowest BCUT2D eigenvalue weighted by molar-refractivity contribution is -0.00348. The molecule has 6 rings (SSSR count). The van der Waals surface area contributed by atoms with Crippen LogP contribution in [0.2, 0.25) is 0 Å². The van der Waals surface area contributed by atoms with Crippen LogP contribution in [-0.2, 0) is 0 Å². The summed E-state index contributed by atoms with van der Waals surface area (Å²) in [5.41, 5.74) is 3.02. The fourth-order valence-corrected chi connectivity index (χ4v) is 5.57. The average molecular weight is 362 g/mol. The van der Waals surface area contributed by atoms with E-state index >= 15 is 0 Å². The van der Waals surface area contributed by atoms with Gasteiger partial charge in [-0.1, -0.05) is 42.0 Å². The van der Waals surface area contributed by atoms with Crippen LogP contribution < -0.4 is 0 Å². The number of hydrogen-bond donors (Lipinski definition) is 1. The molecule has 4 fully saturated rings. The first-order valence-electron chi connectivity index (χ1n) is 10.0. The molecule has 0 unspecified atom stereocenters. The molecule has 0 saturated carbocycles. The molecule has 2 aromatic rings. The summed E-state index contributed by atoms with van der Waals surface area (Å²) < 4.78 is 0. The highest BCUT2D eigenvalue weighted by atomic mass is 16.3. The fourth-order valence-electron chi connectivity index (χ4n) is 5.57. The predicted octanol–water partition coefficient (Wildman–Crippen LogP) is 3.40. The first kappa shape index (κ1) is 16.8. The summed E-state index contributed by atoms with van der Waals surface area (Å²) >= 11 is 0. The number of rotatable bonds is 2. The van der Waals surface area contributed by atoms with Crippen LogP contribution in [0.3, 0.4) is 0 Å². The average Bonchev–Trinajstić information content (AvgIpc) is 3.12. The topological polar surface area (TPSA) is 43.8 Å². The van der Waals surface area contributed by atoms with E-state index in [4.69, 9.17) is 0 Å². The zero-order valence-corrected chi connectivity index (χ0v) is 15.7. The van der Waals surface area contributed by atoms with E-state index in [1.165, 1.54) is 24.0 Å². The van der Waals surface area contributed by atoms with Crippen molar-refractivity contribution >= 4 is 5.91 Å². The standard InChI is InChI=1S/C23H26N2O2/c1-15-6-8-16(9-7-15)19-14-25(23(27)18-4-2-3-5-20(18)26)21-17-10-12-24(13-11-17)22(19)21/h2-9,17,19,21-22,26H,10-14H2,1H3/t19-,21-,22-/m1/s1. The second kappa shape index (κ2) is 6.38. The van der Waals surface area contributed by atoms with Crippen molar-refractivity contribution in [3.8, 4) is 5.75 Å². The molecule has 4 heteroatoms. The van der Waals surface area contributed by atoms with Gasteiger partial charge in [-0.25, -0.2) is 0 Å². The molecule has 4 heterocycles. The van der Waals surface area contributed by atoms with E-state index in [9.17, 15) is 9.90 Å². The Kier molecular flexibility index (Phi) is 3.97. The van der Waals surface area contributed by atoms with E-state index in [1.54, 1.807) is 18.2 Å². The minimum absolute atomic E-state index is 0.0218. The molecule has 4 nitrogen and oxygen atoms in total. The van der Waals surface area contributed by atoms with Crippen molar-refractivity contribution in [2.24, 2.45) is 5.92 Å². The Morgan fingerprint density at radius 2 is 1.70 bits per heavy atom. The summed E-state index contributed by atoms with van der Waals surface area (Å²) in [5, 5.41) is 10.2. The van der Waals surface area contributed by atoms with Crippen LogP contribution in [0.25, 0.3) is 0 Å². The van der Waals surface area contributed by atoms with Crippen LogP contribution >= 0.6 is 0 Å². The first-order valence-corrected chi connectivity index (χ1v) is 10.0. The molecule has 0 aliphatic carbocycles. The lowest BCUT2D eigenvalue weighted by Crippen LogP contribution is -2.60. The third-order valence-corrected chi connectivity index (χ3v) is 6.90. The number of hydrogen-bond acceptors (Lipinski definition) is 3. The van der Waals surface area contributed by atoms with Gasteiger partial charge >= 0.3 is 0 Å². The van der Waals surface area contributed by atoms with Crippen molar-refractivity contribution in [1.29, 1.82) is 0 Å². The number of likely N-dealkylation sites (tertiary alicyclic amines) is 1. The first-order chi connectivity index (χ1) is 13.1. The maximum absolute atomic E-state index is 13.4. The molecule has 27 heavy (non-hydrogen) atoms. The number of nitrogens with zero attached hydrogens (tertiary/aromatic N) is 2. The Balaban J connectivity index is 1.53. The lowest BCUT2D eigenvalue weighted by atomic mass is 9.75. The summed E-state index contributed by atoms with van der Waals surface area (Å²) in [5.74, 6) is 0.976. The van der Waals surface area contributed by atoms with Crippen LogP contribution in [-0.4, -0.2) is 52.5 Å². The molecule has 4 aliphatic rings. The van der Waals surface area contributed by atoms with Gasteiger partial charge in [-0.2, -0.15) is 0 Å². The summed E-state index contributed by atoms with van der Waals surface area (Å²) in [6, 6.07) is 16.4. The van der Waals surface area contributed by atoms with E-state index in [0.717, 1.165) is 19.6 Å². The van der Waals surface area contributed by atoms with Crippen molar-refractivity contribution in [3.05, 3.63) is 65.2 Å². The molecule has 0 aromatic heterocycles. The molecule has 2 bridgehead atoms. The van der Waals surface area contributed by atoms with Gasteiger partial charge in [0.15, 0.2) is 0 Å². The monoisotopic (exact) mass is 362 g/mol. The Hall–Kier alpha value is -2.33. The third kappa shape index (κ3) is 2.66. The van der Waals surface area contributed by atoms with Gasteiger partial charge in [0, 0.05) is 18.5 Å². The number of benzene rings is 2. The molecular weight excluding hydrogens is 336 g/mol. The number of carbonyl (C=O) groups excluding carboxylic acids is 1. The second-order valence-electron chi connectivity index (χ2n) is 8.35. The van der Waals surface area contributed by atoms with Gasteiger partial charge in [0.1, 0.15) is 5.75 Å². The van der Waals surface area contributed by atoms with Crippen molar-refractivity contribution in [3.63, 3.8) is 0 Å². The summed E-state index contributed by atoms with van der Waals surface area (Å²) in [4.78, 5) is 18.1. The second-order valence-corrected chi connectivity index (χ2v) is 8.35. The Bertz CT molecular complexity index is 855. The zero-order chi connectivity index (χ0) is 18.5. The normalized spacial score (nSPS) is 31.7. The molecule has 3 atom stereocenters. The number of fused-ring (bicyclic) bond motifs is 2. The number of amides is 1. The Morgan fingerprint density at radius 1 is 1.00 bits per heavy atom. The number of piperidine rings is 3. The SMILES string of the molecule is Cc1ccc([C@H]2CN(C(=O)c3ccccc3O)[C@@H]3C4CCN(CC4)[C@H]23)cc1. The molecule has 4 saturated heterocycles. The van der Waals surface area contributed by atoms with Gasteiger partial charge in [-0.05, 0) is 56.5 Å². The molecule has 4 aliphatic heterocycles. The molecule has 0 spiro atoms. The highest BCUT2D eigenvalue weighted by molar-refractivity contribution is 5.97. The molecule has 2 aromatic carbocycles. The lowest BCUT2D eigenvalue weighted by Gasteiger charge is -2.51. The smallest absolute Gasteiger partial charge is 0.257 e. The van der Waals surface area contributed by atoms with Gasteiger partial charge < -0.3 is 10.0 Å². The summed E-state index contributed by atoms with van der Waals surface area (Å²) in [6.07, 6.45) is 2.35. The highest BCUT2D eigenvalue weighted by Gasteiger charge is 2.54. The number of phenolic OH excluding ortho intramolecular Hbond substituents is 1. The predicted molar refractivity (Wildman–Crippen MR) is 105 cm³/mol. The molecule has 0 radical (unpaired) electrons. The molecular formula is C23H26N2O2. The maximum atomic E-state index is 13.4. The van der Waals surface area contributed by atoms with E-state index in [1.807, 2.05) is 6.07 Å². The van der Waals surface area contributed by atoms with Crippen LogP contribution in [0.1, 0.15) is 40.2 Å². The zero-order valence-electron chi connectivity index (χ0n) is 15.7. The van der Waals surface area contributed by atoms with Gasteiger partial charge in [0.05, 0.1) is 11.6 Å². The Morgan fingerprint density at radius 3 is 2.41 bits per heavy atom. The minimum atomic E-state index is -0.0218. The number of aryl methyl sites for hydroxylation is 1. The number of carbonyl (C=O) groups is 1. The van der Waals surface area contributed by atoms with E-state index in [2.05, 4.69) is 41.0 Å². The fraction of sp³-hybridized carbons (Fsp3) is 0.435. The summed E-state index contributed by atoms with van der Waals surface area (Å²) in [7, 11) is 0. The van der Waals surface area contributed by atoms with Crippen LogP contribution in [0.4, 0.5) is 0 Å². The van der Waals surface area contributed by atoms with Gasteiger partial charge in [-0.3, -0.25) is 9.69 Å². The van der Waals surface area contributed by atoms with Gasteiger partial charge in [-0.15, -0.1) is 0 Å². The van der Waals surface area contributed by atoms with Crippen molar-refractivity contribution < 1.29 is 9.90 Å². The molecule has 1 N–H and O–H groups in total. The quantitative estimate of drug-likeness (QED) is 0.890. The van der Waals surface area contributed by atoms with Gasteiger partial charge in [0.2, 0.25) is 0 Å². The number of para-hydroxylation sites is 1. The molecule has 1 amide bonds. The van der Waals surface area contributed by atoms with Crippen molar-refractivity contribution in [1.82, 2.24) is 9.80 Å². The molecule has 140 valence electrons. The van der Waals surface area contributed by atoms with Crippen LogP contribution in [0, 0.1) is 12.8 Å². The van der Waals surface area contributed by atoms with Crippen molar-refractivity contribution in [2.75, 3.05) is 19.6 Å². The van der Waals surface area contributed by atoms with Crippen molar-refractivity contribution in [2.45, 2.75) is 37.8 Å². The van der Waals surface area contributed by atoms with Gasteiger partial charge in [0.25, 0.3) is 5.91 Å². The largest absolute Gasteiger partial charge is 0.507 e. The number of phenols is 1.